The van der Waals surface area contributed by atoms with E-state index in [0.29, 0.717) is 12.0 Å². The van der Waals surface area contributed by atoms with Crippen LogP contribution in [-0.2, 0) is 0 Å². The predicted octanol–water partition coefficient (Wildman–Crippen LogP) is 3.82. The van der Waals surface area contributed by atoms with E-state index >= 15 is 0 Å². The third-order valence-corrected chi connectivity index (χ3v) is 2.46. The van der Waals surface area contributed by atoms with Crippen LogP contribution < -0.4 is 5.32 Å². The van der Waals surface area contributed by atoms with Crippen LogP contribution in [0.4, 0.5) is 17.6 Å². The fourth-order valence-electron chi connectivity index (χ4n) is 1.61. The number of nitrogens with one attached hydrogen (secondary N) is 1. The van der Waals surface area contributed by atoms with Crippen LogP contribution in [0.2, 0.25) is 0 Å². The van der Waals surface area contributed by atoms with E-state index in [-0.39, 0.29) is 18.4 Å². The second kappa shape index (κ2) is 6.00. The van der Waals surface area contributed by atoms with Crippen LogP contribution in [0.5, 0.6) is 0 Å². The molecule has 0 aliphatic carbocycles. The highest BCUT2D eigenvalue weighted by atomic mass is 19.4. The molecule has 0 saturated heterocycles. The minimum atomic E-state index is -4.16. The van der Waals surface area contributed by atoms with Crippen molar-refractivity contribution in [1.82, 2.24) is 5.32 Å². The number of halogens is 4. The van der Waals surface area contributed by atoms with Crippen LogP contribution in [0.25, 0.3) is 0 Å². The van der Waals surface area contributed by atoms with Crippen LogP contribution >= 0.6 is 0 Å². The Kier molecular flexibility index (Phi) is 4.93. The van der Waals surface area contributed by atoms with Crippen molar-refractivity contribution in [3.63, 3.8) is 0 Å². The van der Waals surface area contributed by atoms with Gasteiger partial charge >= 0.3 is 6.18 Å². The Balaban J connectivity index is 2.54. The first-order chi connectivity index (χ1) is 7.92. The Bertz CT molecular complexity index is 349. The third kappa shape index (κ3) is 5.17. The van der Waals surface area contributed by atoms with E-state index in [9.17, 15) is 17.6 Å². The van der Waals surface area contributed by atoms with Crippen molar-refractivity contribution in [2.75, 3.05) is 6.54 Å². The van der Waals surface area contributed by atoms with Crippen LogP contribution in [-0.4, -0.2) is 12.7 Å². The molecule has 0 saturated carbocycles. The molecule has 0 aromatic heterocycles. The smallest absolute Gasteiger partial charge is 0.310 e. The summed E-state index contributed by atoms with van der Waals surface area (Å²) in [4.78, 5) is 0. The van der Waals surface area contributed by atoms with Crippen LogP contribution in [0.1, 0.15) is 31.4 Å². The molecule has 1 aromatic carbocycles. The Labute approximate surface area is 97.8 Å². The number of rotatable bonds is 5. The van der Waals surface area contributed by atoms with E-state index in [1.165, 1.54) is 12.1 Å². The molecule has 1 N–H and O–H groups in total. The van der Waals surface area contributed by atoms with Crippen molar-refractivity contribution in [2.24, 2.45) is 0 Å². The topological polar surface area (TPSA) is 12.0 Å². The molecule has 1 rings (SSSR count). The molecule has 1 nitrogen and oxygen atoms in total. The van der Waals surface area contributed by atoms with E-state index in [2.05, 4.69) is 5.32 Å². The van der Waals surface area contributed by atoms with Gasteiger partial charge in [0.2, 0.25) is 0 Å². The minimum absolute atomic E-state index is 0.154. The van der Waals surface area contributed by atoms with Gasteiger partial charge in [-0.05, 0) is 24.1 Å². The maximum atomic E-state index is 13.0. The van der Waals surface area contributed by atoms with Crippen molar-refractivity contribution >= 4 is 0 Å². The molecule has 0 radical (unpaired) electrons. The predicted molar refractivity (Wildman–Crippen MR) is 58.1 cm³/mol. The van der Waals surface area contributed by atoms with Gasteiger partial charge in [-0.3, -0.25) is 0 Å². The highest BCUT2D eigenvalue weighted by Crippen LogP contribution is 2.21. The number of alkyl halides is 3. The first kappa shape index (κ1) is 14.0. The van der Waals surface area contributed by atoms with Gasteiger partial charge in [-0.25, -0.2) is 4.39 Å². The summed E-state index contributed by atoms with van der Waals surface area (Å²) in [6, 6.07) is 5.67. The van der Waals surface area contributed by atoms with E-state index in [4.69, 9.17) is 0 Å². The van der Waals surface area contributed by atoms with Crippen LogP contribution in [0.15, 0.2) is 24.3 Å². The maximum Gasteiger partial charge on any atom is 0.390 e. The van der Waals surface area contributed by atoms with Gasteiger partial charge in [0.05, 0.1) is 6.42 Å². The molecule has 1 aromatic rings. The van der Waals surface area contributed by atoms with Gasteiger partial charge in [-0.2, -0.15) is 13.2 Å². The lowest BCUT2D eigenvalue weighted by Gasteiger charge is -2.18. The first-order valence-corrected chi connectivity index (χ1v) is 5.48. The lowest BCUT2D eigenvalue weighted by molar-refractivity contribution is -0.133. The molecule has 0 aliphatic heterocycles. The summed E-state index contributed by atoms with van der Waals surface area (Å²) in [6.07, 6.45) is -4.42. The van der Waals surface area contributed by atoms with Crippen molar-refractivity contribution in [2.45, 2.75) is 32.0 Å². The molecular formula is C12H15F4N. The van der Waals surface area contributed by atoms with Gasteiger partial charge in [0.25, 0.3) is 0 Å². The summed E-state index contributed by atoms with van der Waals surface area (Å²) >= 11 is 0. The van der Waals surface area contributed by atoms with Crippen molar-refractivity contribution in [1.29, 1.82) is 0 Å². The van der Waals surface area contributed by atoms with E-state index in [1.807, 2.05) is 6.92 Å². The molecule has 0 bridgehead atoms. The summed E-state index contributed by atoms with van der Waals surface area (Å²) < 4.78 is 48.9. The van der Waals surface area contributed by atoms with Gasteiger partial charge < -0.3 is 5.32 Å². The molecule has 0 aliphatic rings. The molecule has 0 fully saturated rings. The van der Waals surface area contributed by atoms with E-state index < -0.39 is 12.6 Å². The van der Waals surface area contributed by atoms with Gasteiger partial charge in [-0.1, -0.05) is 19.1 Å². The quantitative estimate of drug-likeness (QED) is 0.782. The summed E-state index contributed by atoms with van der Waals surface area (Å²) in [5, 5.41) is 2.78. The van der Waals surface area contributed by atoms with Gasteiger partial charge in [0, 0.05) is 12.6 Å². The average molecular weight is 249 g/mol. The molecule has 0 spiro atoms. The Hall–Kier alpha value is -1.10. The second-order valence-electron chi connectivity index (χ2n) is 3.84. The second-order valence-corrected chi connectivity index (χ2v) is 3.84. The minimum Gasteiger partial charge on any atom is -0.310 e. The molecule has 17 heavy (non-hydrogen) atoms. The zero-order valence-corrected chi connectivity index (χ0v) is 9.52. The van der Waals surface area contributed by atoms with Crippen LogP contribution in [0, 0.1) is 5.82 Å². The summed E-state index contributed by atoms with van der Waals surface area (Å²) in [5.41, 5.74) is 0.676. The number of hydrogen-bond donors (Lipinski definition) is 1. The maximum absolute atomic E-state index is 13.0. The standard InChI is InChI=1S/C12H15F4N/c1-2-11(17-7-6-12(14,15)16)9-4-3-5-10(13)8-9/h3-5,8,11,17H,2,6-7H2,1H3. The molecule has 5 heteroatoms. The summed E-state index contributed by atoms with van der Waals surface area (Å²) in [6.45, 7) is 1.69. The fourth-order valence-corrected chi connectivity index (χ4v) is 1.61. The zero-order chi connectivity index (χ0) is 12.9. The molecule has 0 heterocycles. The molecule has 0 amide bonds. The highest BCUT2D eigenvalue weighted by molar-refractivity contribution is 5.19. The monoisotopic (exact) mass is 249 g/mol. The van der Waals surface area contributed by atoms with Crippen LogP contribution in [0.3, 0.4) is 0 Å². The van der Waals surface area contributed by atoms with Crippen molar-refractivity contribution in [3.05, 3.63) is 35.6 Å². The van der Waals surface area contributed by atoms with E-state index in [1.54, 1.807) is 12.1 Å². The Morgan fingerprint density at radius 2 is 2.00 bits per heavy atom. The number of hydrogen-bond acceptors (Lipinski definition) is 1. The molecular weight excluding hydrogens is 234 g/mol. The normalized spacial score (nSPS) is 13.7. The fraction of sp³-hybridized carbons (Fsp3) is 0.500. The van der Waals surface area contributed by atoms with E-state index in [0.717, 1.165) is 0 Å². The van der Waals surface area contributed by atoms with Crippen molar-refractivity contribution in [3.8, 4) is 0 Å². The van der Waals surface area contributed by atoms with Gasteiger partial charge in [0.15, 0.2) is 0 Å². The summed E-state index contributed by atoms with van der Waals surface area (Å²) in [5.74, 6) is -0.376. The number of benzene rings is 1. The first-order valence-electron chi connectivity index (χ1n) is 5.48. The Morgan fingerprint density at radius 3 is 2.53 bits per heavy atom. The zero-order valence-electron chi connectivity index (χ0n) is 9.52. The molecule has 1 unspecified atom stereocenters. The lowest BCUT2D eigenvalue weighted by Crippen LogP contribution is -2.25. The largest absolute Gasteiger partial charge is 0.390 e. The lowest BCUT2D eigenvalue weighted by atomic mass is 10.0. The Morgan fingerprint density at radius 1 is 1.29 bits per heavy atom. The van der Waals surface area contributed by atoms with Crippen molar-refractivity contribution < 1.29 is 17.6 Å². The average Bonchev–Trinajstić information content (AvgIpc) is 2.23. The summed E-state index contributed by atoms with van der Waals surface area (Å²) in [7, 11) is 0. The SMILES string of the molecule is CCC(NCCC(F)(F)F)c1cccc(F)c1. The van der Waals surface area contributed by atoms with Gasteiger partial charge in [0.1, 0.15) is 5.82 Å². The third-order valence-electron chi connectivity index (χ3n) is 2.46. The van der Waals surface area contributed by atoms with Gasteiger partial charge in [-0.15, -0.1) is 0 Å². The highest BCUT2D eigenvalue weighted by Gasteiger charge is 2.26. The molecule has 96 valence electrons. The molecule has 1 atom stereocenters.